The molecule has 0 atom stereocenters. The quantitative estimate of drug-likeness (QED) is 0.712. The Balaban J connectivity index is 1.81. The van der Waals surface area contributed by atoms with Crippen molar-refractivity contribution < 1.29 is 4.74 Å². The minimum Gasteiger partial charge on any atom is -0.383 e. The van der Waals surface area contributed by atoms with E-state index in [2.05, 4.69) is 46.5 Å². The van der Waals surface area contributed by atoms with Crippen LogP contribution in [0.1, 0.15) is 5.56 Å². The van der Waals surface area contributed by atoms with Crippen LogP contribution in [0.25, 0.3) is 10.9 Å². The normalized spacial score (nSPS) is 11.5. The Morgan fingerprint density at radius 3 is 3.00 bits per heavy atom. The number of H-pyrrole nitrogens is 1. The highest BCUT2D eigenvalue weighted by atomic mass is 16.5. The fourth-order valence-electron chi connectivity index (χ4n) is 2.23. The Morgan fingerprint density at radius 1 is 1.26 bits per heavy atom. The van der Waals surface area contributed by atoms with Gasteiger partial charge >= 0.3 is 0 Å². The number of rotatable bonds is 8. The lowest BCUT2D eigenvalue weighted by Gasteiger charge is -2.17. The van der Waals surface area contributed by atoms with Crippen molar-refractivity contribution in [1.29, 1.82) is 0 Å². The molecule has 1 heterocycles. The summed E-state index contributed by atoms with van der Waals surface area (Å²) in [5.74, 6) is 0. The van der Waals surface area contributed by atoms with Crippen molar-refractivity contribution in [2.24, 2.45) is 0 Å². The van der Waals surface area contributed by atoms with E-state index in [4.69, 9.17) is 4.74 Å². The van der Waals surface area contributed by atoms with Gasteiger partial charge in [-0.05, 0) is 24.7 Å². The minimum absolute atomic E-state index is 0.770. The van der Waals surface area contributed by atoms with Crippen molar-refractivity contribution in [3.63, 3.8) is 0 Å². The first-order valence-electron chi connectivity index (χ1n) is 6.74. The number of methoxy groups -OCH3 is 1. The largest absolute Gasteiger partial charge is 0.383 e. The van der Waals surface area contributed by atoms with Crippen LogP contribution in [-0.4, -0.2) is 50.3 Å². The van der Waals surface area contributed by atoms with Gasteiger partial charge in [0.2, 0.25) is 0 Å². The minimum atomic E-state index is 0.770. The van der Waals surface area contributed by atoms with Gasteiger partial charge < -0.3 is 19.9 Å². The smallest absolute Gasteiger partial charge is 0.0587 e. The number of likely N-dealkylation sites (N-methyl/N-ethyl adjacent to an activating group) is 1. The van der Waals surface area contributed by atoms with Gasteiger partial charge in [0.25, 0.3) is 0 Å². The average molecular weight is 261 g/mol. The summed E-state index contributed by atoms with van der Waals surface area (Å²) in [4.78, 5) is 5.59. The van der Waals surface area contributed by atoms with Crippen LogP contribution in [0.4, 0.5) is 0 Å². The third kappa shape index (κ3) is 4.06. The fourth-order valence-corrected chi connectivity index (χ4v) is 2.23. The second-order valence-corrected chi connectivity index (χ2v) is 4.84. The van der Waals surface area contributed by atoms with E-state index in [9.17, 15) is 0 Å². The van der Waals surface area contributed by atoms with E-state index < -0.39 is 0 Å². The number of nitrogens with one attached hydrogen (secondary N) is 2. The molecule has 2 rings (SSSR count). The third-order valence-corrected chi connectivity index (χ3v) is 3.28. The van der Waals surface area contributed by atoms with E-state index in [1.165, 1.54) is 16.5 Å². The monoisotopic (exact) mass is 261 g/mol. The predicted molar refractivity (Wildman–Crippen MR) is 79.4 cm³/mol. The van der Waals surface area contributed by atoms with Crippen molar-refractivity contribution in [3.05, 3.63) is 36.0 Å². The van der Waals surface area contributed by atoms with Crippen LogP contribution < -0.4 is 5.32 Å². The SMILES string of the molecule is COCCNCCN(C)Cc1cccc2[nH]ccc12. The standard InChI is InChI=1S/C15H23N3O/c1-18(10-8-16-9-11-19-2)12-13-4-3-5-15-14(13)6-7-17-15/h3-7,16-17H,8-12H2,1-2H3. The molecule has 2 N–H and O–H groups in total. The highest BCUT2D eigenvalue weighted by Crippen LogP contribution is 2.18. The molecule has 1 aromatic heterocycles. The van der Waals surface area contributed by atoms with Crippen LogP contribution in [0, 0.1) is 0 Å². The molecule has 2 aromatic rings. The predicted octanol–water partition coefficient (Wildman–Crippen LogP) is 1.84. The van der Waals surface area contributed by atoms with E-state index in [0.717, 1.165) is 32.8 Å². The number of aromatic amines is 1. The molecule has 1 aromatic carbocycles. The van der Waals surface area contributed by atoms with Crippen LogP contribution in [0.5, 0.6) is 0 Å². The summed E-state index contributed by atoms with van der Waals surface area (Å²) in [7, 11) is 3.88. The zero-order valence-electron chi connectivity index (χ0n) is 11.8. The summed E-state index contributed by atoms with van der Waals surface area (Å²) in [6.07, 6.45) is 2.00. The number of hydrogen-bond acceptors (Lipinski definition) is 3. The summed E-state index contributed by atoms with van der Waals surface area (Å²) in [5, 5.41) is 4.68. The molecule has 0 bridgehead atoms. The number of nitrogens with zero attached hydrogens (tertiary/aromatic N) is 1. The van der Waals surface area contributed by atoms with E-state index in [1.807, 2.05) is 6.20 Å². The molecule has 19 heavy (non-hydrogen) atoms. The summed E-state index contributed by atoms with van der Waals surface area (Å²) >= 11 is 0. The summed E-state index contributed by atoms with van der Waals surface area (Å²) in [5.41, 5.74) is 2.59. The Labute approximate surface area is 114 Å². The van der Waals surface area contributed by atoms with E-state index in [-0.39, 0.29) is 0 Å². The molecule has 0 saturated carbocycles. The Kier molecular flexibility index (Phi) is 5.39. The van der Waals surface area contributed by atoms with E-state index in [0.29, 0.717) is 0 Å². The van der Waals surface area contributed by atoms with Gasteiger partial charge in [-0.2, -0.15) is 0 Å². The average Bonchev–Trinajstić information content (AvgIpc) is 2.88. The van der Waals surface area contributed by atoms with Gasteiger partial charge in [0, 0.05) is 50.4 Å². The van der Waals surface area contributed by atoms with Gasteiger partial charge in [-0.15, -0.1) is 0 Å². The highest BCUT2D eigenvalue weighted by molar-refractivity contribution is 5.82. The van der Waals surface area contributed by atoms with Gasteiger partial charge in [0.1, 0.15) is 0 Å². The third-order valence-electron chi connectivity index (χ3n) is 3.28. The summed E-state index contributed by atoms with van der Waals surface area (Å²) in [6, 6.07) is 8.57. The van der Waals surface area contributed by atoms with Crippen LogP contribution >= 0.6 is 0 Å². The lowest BCUT2D eigenvalue weighted by Crippen LogP contribution is -2.30. The molecule has 4 nitrogen and oxygen atoms in total. The van der Waals surface area contributed by atoms with Crippen molar-refractivity contribution in [2.45, 2.75) is 6.54 Å². The van der Waals surface area contributed by atoms with Crippen molar-refractivity contribution in [2.75, 3.05) is 40.4 Å². The zero-order valence-corrected chi connectivity index (χ0v) is 11.8. The van der Waals surface area contributed by atoms with E-state index >= 15 is 0 Å². The van der Waals surface area contributed by atoms with Crippen LogP contribution in [0.3, 0.4) is 0 Å². The molecule has 104 valence electrons. The maximum absolute atomic E-state index is 5.00. The Morgan fingerprint density at radius 2 is 2.16 bits per heavy atom. The molecule has 0 aliphatic rings. The molecule has 0 aliphatic heterocycles. The zero-order chi connectivity index (χ0) is 13.5. The second-order valence-electron chi connectivity index (χ2n) is 4.84. The molecule has 0 unspecified atom stereocenters. The van der Waals surface area contributed by atoms with Gasteiger partial charge in [-0.25, -0.2) is 0 Å². The first-order chi connectivity index (χ1) is 9.31. The topological polar surface area (TPSA) is 40.3 Å². The number of ether oxygens (including phenoxy) is 1. The molecule has 4 heteroatoms. The first kappa shape index (κ1) is 14.1. The maximum Gasteiger partial charge on any atom is 0.0587 e. The summed E-state index contributed by atoms with van der Waals surface area (Å²) in [6.45, 7) is 4.68. The van der Waals surface area contributed by atoms with Crippen molar-refractivity contribution >= 4 is 10.9 Å². The molecule has 0 spiro atoms. The van der Waals surface area contributed by atoms with Crippen molar-refractivity contribution in [1.82, 2.24) is 15.2 Å². The van der Waals surface area contributed by atoms with Gasteiger partial charge in [-0.3, -0.25) is 0 Å². The number of fused-ring (bicyclic) bond motifs is 1. The Hall–Kier alpha value is -1.36. The van der Waals surface area contributed by atoms with Gasteiger partial charge in [0.15, 0.2) is 0 Å². The lowest BCUT2D eigenvalue weighted by atomic mass is 10.1. The first-order valence-corrected chi connectivity index (χ1v) is 6.74. The lowest BCUT2D eigenvalue weighted by molar-refractivity contribution is 0.197. The molecular weight excluding hydrogens is 238 g/mol. The Bertz CT molecular complexity index is 495. The summed E-state index contributed by atoms with van der Waals surface area (Å²) < 4.78 is 5.00. The number of aromatic nitrogens is 1. The molecular formula is C15H23N3O. The highest BCUT2D eigenvalue weighted by Gasteiger charge is 2.04. The molecule has 0 amide bonds. The molecule has 0 radical (unpaired) electrons. The van der Waals surface area contributed by atoms with Gasteiger partial charge in [-0.1, -0.05) is 12.1 Å². The fraction of sp³-hybridized carbons (Fsp3) is 0.467. The van der Waals surface area contributed by atoms with Crippen LogP contribution in [-0.2, 0) is 11.3 Å². The van der Waals surface area contributed by atoms with Crippen LogP contribution in [0.2, 0.25) is 0 Å². The van der Waals surface area contributed by atoms with Crippen molar-refractivity contribution in [3.8, 4) is 0 Å². The van der Waals surface area contributed by atoms with Gasteiger partial charge in [0.05, 0.1) is 6.61 Å². The molecule has 0 aliphatic carbocycles. The number of hydrogen-bond donors (Lipinski definition) is 2. The van der Waals surface area contributed by atoms with Crippen LogP contribution in [0.15, 0.2) is 30.5 Å². The second kappa shape index (κ2) is 7.28. The maximum atomic E-state index is 5.00. The van der Waals surface area contributed by atoms with E-state index in [1.54, 1.807) is 7.11 Å². The number of benzene rings is 1. The molecule has 0 saturated heterocycles. The molecule has 0 fully saturated rings.